The Bertz CT molecular complexity index is 875. The average Bonchev–Trinajstić information content (AvgIpc) is 3.09. The molecule has 0 aliphatic heterocycles. The quantitative estimate of drug-likeness (QED) is 0.675. The minimum Gasteiger partial charge on any atom is -0.369 e. The lowest BCUT2D eigenvalue weighted by molar-refractivity contribution is -0.121. The summed E-state index contributed by atoms with van der Waals surface area (Å²) >= 11 is 0. The van der Waals surface area contributed by atoms with Gasteiger partial charge in [0, 0.05) is 6.54 Å². The molecule has 1 aromatic heterocycles. The van der Waals surface area contributed by atoms with E-state index >= 15 is 0 Å². The summed E-state index contributed by atoms with van der Waals surface area (Å²) in [5, 5.41) is 14.7. The molecule has 8 heteroatoms. The number of nitrogens with zero attached hydrogens (tertiary/aromatic N) is 4. The van der Waals surface area contributed by atoms with Crippen molar-refractivity contribution in [2.45, 2.75) is 13.3 Å². The van der Waals surface area contributed by atoms with Crippen LogP contribution in [0.5, 0.6) is 0 Å². The lowest BCUT2D eigenvalue weighted by Gasteiger charge is -2.15. The van der Waals surface area contributed by atoms with Crippen LogP contribution >= 0.6 is 0 Å². The standard InChI is InChI=1S/C18H19FN6O/c1-12-2-8-16(9-3-12)25-18(22-23-24-25)21-11-14(17(20)26)10-13-4-6-15(19)7-5-13/h2-9,14H,10-11H2,1H3,(H2,20,26)(H,21,22,24). The molecule has 3 N–H and O–H groups in total. The monoisotopic (exact) mass is 354 g/mol. The molecule has 0 radical (unpaired) electrons. The van der Waals surface area contributed by atoms with E-state index in [2.05, 4.69) is 20.8 Å². The Hall–Kier alpha value is -3.29. The molecule has 1 atom stereocenters. The van der Waals surface area contributed by atoms with Crippen LogP contribution in [0.2, 0.25) is 0 Å². The maximum Gasteiger partial charge on any atom is 0.247 e. The Morgan fingerprint density at radius 1 is 1.19 bits per heavy atom. The van der Waals surface area contributed by atoms with Crippen LogP contribution in [0.15, 0.2) is 48.5 Å². The van der Waals surface area contributed by atoms with Gasteiger partial charge in [0.05, 0.1) is 11.6 Å². The third-order valence-corrected chi connectivity index (χ3v) is 4.05. The molecule has 0 spiro atoms. The SMILES string of the molecule is Cc1ccc(-n2nnnc2NCC(Cc2ccc(F)cc2)C(N)=O)cc1. The third-order valence-electron chi connectivity index (χ3n) is 4.05. The molecule has 3 rings (SSSR count). The van der Waals surface area contributed by atoms with Gasteiger partial charge >= 0.3 is 0 Å². The van der Waals surface area contributed by atoms with Crippen molar-refractivity contribution in [3.05, 3.63) is 65.5 Å². The number of amides is 1. The van der Waals surface area contributed by atoms with Gasteiger partial charge in [-0.05, 0) is 53.6 Å². The van der Waals surface area contributed by atoms with Gasteiger partial charge in [0.2, 0.25) is 11.9 Å². The van der Waals surface area contributed by atoms with Crippen LogP contribution in [0, 0.1) is 18.7 Å². The lowest BCUT2D eigenvalue weighted by Crippen LogP contribution is -2.31. The van der Waals surface area contributed by atoms with Crippen LogP contribution in [0.3, 0.4) is 0 Å². The molecule has 3 aromatic rings. The predicted octanol–water partition coefficient (Wildman–Crippen LogP) is 1.87. The molecule has 2 aromatic carbocycles. The van der Waals surface area contributed by atoms with Crippen molar-refractivity contribution >= 4 is 11.9 Å². The van der Waals surface area contributed by atoms with Crippen molar-refractivity contribution in [1.29, 1.82) is 0 Å². The van der Waals surface area contributed by atoms with Crippen molar-refractivity contribution in [3.8, 4) is 5.69 Å². The number of hydrogen-bond acceptors (Lipinski definition) is 5. The molecule has 0 aliphatic carbocycles. The average molecular weight is 354 g/mol. The van der Waals surface area contributed by atoms with E-state index in [4.69, 9.17) is 5.73 Å². The first-order valence-electron chi connectivity index (χ1n) is 8.16. The molecule has 0 bridgehead atoms. The molecular formula is C18H19FN6O. The number of halogens is 1. The van der Waals surface area contributed by atoms with Crippen LogP contribution in [0.4, 0.5) is 10.3 Å². The summed E-state index contributed by atoms with van der Waals surface area (Å²) in [5.41, 5.74) is 8.27. The molecule has 0 aliphatic rings. The third kappa shape index (κ3) is 4.21. The van der Waals surface area contributed by atoms with Gasteiger partial charge in [0.15, 0.2) is 0 Å². The van der Waals surface area contributed by atoms with Gasteiger partial charge in [-0.1, -0.05) is 34.9 Å². The second-order valence-electron chi connectivity index (χ2n) is 6.06. The molecule has 134 valence electrons. The molecule has 1 heterocycles. The van der Waals surface area contributed by atoms with Crippen molar-refractivity contribution in [3.63, 3.8) is 0 Å². The number of aromatic nitrogens is 4. The van der Waals surface area contributed by atoms with Crippen molar-refractivity contribution in [2.75, 3.05) is 11.9 Å². The van der Waals surface area contributed by atoms with Gasteiger partial charge in [-0.15, -0.1) is 0 Å². The fourth-order valence-corrected chi connectivity index (χ4v) is 2.55. The molecule has 0 saturated heterocycles. The van der Waals surface area contributed by atoms with Crippen molar-refractivity contribution < 1.29 is 9.18 Å². The van der Waals surface area contributed by atoms with Crippen LogP contribution in [-0.4, -0.2) is 32.7 Å². The number of tetrazole rings is 1. The highest BCUT2D eigenvalue weighted by molar-refractivity contribution is 5.77. The molecule has 26 heavy (non-hydrogen) atoms. The maximum atomic E-state index is 13.0. The Morgan fingerprint density at radius 2 is 1.88 bits per heavy atom. The van der Waals surface area contributed by atoms with E-state index in [0.717, 1.165) is 16.8 Å². The van der Waals surface area contributed by atoms with Gasteiger partial charge in [0.25, 0.3) is 0 Å². The number of nitrogens with two attached hydrogens (primary N) is 1. The second kappa shape index (κ2) is 7.73. The zero-order valence-electron chi connectivity index (χ0n) is 14.3. The summed E-state index contributed by atoms with van der Waals surface area (Å²) in [6.07, 6.45) is 0.398. The zero-order chi connectivity index (χ0) is 18.5. The zero-order valence-corrected chi connectivity index (χ0v) is 14.3. The maximum absolute atomic E-state index is 13.0. The number of carbonyl (C=O) groups excluding carboxylic acids is 1. The summed E-state index contributed by atoms with van der Waals surface area (Å²) in [6.45, 7) is 2.26. The topological polar surface area (TPSA) is 98.7 Å². The Balaban J connectivity index is 1.70. The number of nitrogens with one attached hydrogen (secondary N) is 1. The molecule has 1 unspecified atom stereocenters. The van der Waals surface area contributed by atoms with E-state index in [0.29, 0.717) is 12.4 Å². The fourth-order valence-electron chi connectivity index (χ4n) is 2.55. The van der Waals surface area contributed by atoms with Gasteiger partial charge in [-0.25, -0.2) is 4.39 Å². The highest BCUT2D eigenvalue weighted by Crippen LogP contribution is 2.14. The van der Waals surface area contributed by atoms with Gasteiger partial charge < -0.3 is 11.1 Å². The van der Waals surface area contributed by atoms with Gasteiger partial charge in [0.1, 0.15) is 5.82 Å². The van der Waals surface area contributed by atoms with E-state index in [1.54, 1.807) is 16.8 Å². The minimum atomic E-state index is -0.483. The molecule has 0 fully saturated rings. The van der Waals surface area contributed by atoms with E-state index in [1.165, 1.54) is 12.1 Å². The Kier molecular flexibility index (Phi) is 5.21. The fraction of sp³-hybridized carbons (Fsp3) is 0.222. The number of primary amides is 1. The van der Waals surface area contributed by atoms with E-state index in [-0.39, 0.29) is 12.4 Å². The molecule has 7 nitrogen and oxygen atoms in total. The predicted molar refractivity (Wildman–Crippen MR) is 95.2 cm³/mol. The van der Waals surface area contributed by atoms with E-state index in [1.807, 2.05) is 31.2 Å². The first kappa shape index (κ1) is 17.5. The van der Waals surface area contributed by atoms with E-state index < -0.39 is 11.8 Å². The normalized spacial score (nSPS) is 11.9. The van der Waals surface area contributed by atoms with Crippen LogP contribution in [-0.2, 0) is 11.2 Å². The summed E-state index contributed by atoms with van der Waals surface area (Å²) in [7, 11) is 0. The van der Waals surface area contributed by atoms with Crippen LogP contribution in [0.1, 0.15) is 11.1 Å². The van der Waals surface area contributed by atoms with Crippen molar-refractivity contribution in [1.82, 2.24) is 20.2 Å². The molecular weight excluding hydrogens is 335 g/mol. The summed E-state index contributed by atoms with van der Waals surface area (Å²) in [6, 6.07) is 13.7. The largest absolute Gasteiger partial charge is 0.369 e. The Labute approximate surface area is 150 Å². The number of aryl methyl sites for hydroxylation is 1. The number of rotatable bonds is 7. The van der Waals surface area contributed by atoms with Crippen molar-refractivity contribution in [2.24, 2.45) is 11.7 Å². The lowest BCUT2D eigenvalue weighted by atomic mass is 9.98. The Morgan fingerprint density at radius 3 is 2.54 bits per heavy atom. The summed E-state index contributed by atoms with van der Waals surface area (Å²) < 4.78 is 14.6. The second-order valence-corrected chi connectivity index (χ2v) is 6.06. The number of benzene rings is 2. The summed E-state index contributed by atoms with van der Waals surface area (Å²) in [5.74, 6) is -0.834. The van der Waals surface area contributed by atoms with Gasteiger partial charge in [-0.2, -0.15) is 4.68 Å². The molecule has 0 saturated carbocycles. The smallest absolute Gasteiger partial charge is 0.247 e. The first-order valence-corrected chi connectivity index (χ1v) is 8.16. The van der Waals surface area contributed by atoms with Crippen LogP contribution in [0.25, 0.3) is 5.69 Å². The highest BCUT2D eigenvalue weighted by Gasteiger charge is 2.18. The highest BCUT2D eigenvalue weighted by atomic mass is 19.1. The summed E-state index contributed by atoms with van der Waals surface area (Å²) in [4.78, 5) is 11.8. The number of anilines is 1. The van der Waals surface area contributed by atoms with E-state index in [9.17, 15) is 9.18 Å². The van der Waals surface area contributed by atoms with Crippen LogP contribution < -0.4 is 11.1 Å². The number of carbonyl (C=O) groups is 1. The number of hydrogen-bond donors (Lipinski definition) is 2. The minimum absolute atomic E-state index is 0.263. The first-order chi connectivity index (χ1) is 12.5. The molecule has 1 amide bonds. The van der Waals surface area contributed by atoms with Gasteiger partial charge in [-0.3, -0.25) is 4.79 Å².